The second-order valence-corrected chi connectivity index (χ2v) is 8.60. The van der Waals surface area contributed by atoms with Crippen LogP contribution >= 0.6 is 11.3 Å². The first-order valence-electron chi connectivity index (χ1n) is 10.5. The molecule has 0 unspecified atom stereocenters. The summed E-state index contributed by atoms with van der Waals surface area (Å²) < 4.78 is 34.1. The zero-order valence-corrected chi connectivity index (χ0v) is 18.4. The highest BCUT2D eigenvalue weighted by molar-refractivity contribution is 7.19. The van der Waals surface area contributed by atoms with E-state index in [-0.39, 0.29) is 23.7 Å². The molecule has 0 bridgehead atoms. The molecule has 8 nitrogen and oxygen atoms in total. The number of alkyl halides is 2. The van der Waals surface area contributed by atoms with Gasteiger partial charge in [0.2, 0.25) is 0 Å². The second kappa shape index (κ2) is 10.1. The second-order valence-electron chi connectivity index (χ2n) is 7.52. The Balaban J connectivity index is 1.34. The maximum absolute atomic E-state index is 12.3. The predicted octanol–water partition coefficient (Wildman–Crippen LogP) is 3.62. The number of nitrogen functional groups attached to an aromatic ring is 1. The smallest absolute Gasteiger partial charge is 0.387 e. The molecule has 11 heteroatoms. The first kappa shape index (κ1) is 22.8. The molecule has 1 amide bonds. The Morgan fingerprint density at radius 3 is 2.82 bits per heavy atom. The normalized spacial score (nSPS) is 13.4. The number of carbonyl (C=O) groups excluding carboxylic acids is 2. The largest absolute Gasteiger partial charge is 0.456 e. The van der Waals surface area contributed by atoms with Crippen LogP contribution in [0.5, 0.6) is 5.75 Å². The Hall–Kier alpha value is -3.34. The summed E-state index contributed by atoms with van der Waals surface area (Å²) in [5, 5.41) is 3.28. The molecule has 0 atom stereocenters. The molecule has 3 aromatic rings. The fraction of sp³-hybridized carbons (Fsp3) is 0.364. The number of hydrogen-bond donors (Lipinski definition) is 2. The molecule has 2 aromatic heterocycles. The number of aryl methyl sites for hydroxylation is 2. The molecule has 3 N–H and O–H groups in total. The molecule has 0 saturated heterocycles. The van der Waals surface area contributed by atoms with Crippen LogP contribution in [-0.2, 0) is 29.0 Å². The van der Waals surface area contributed by atoms with E-state index >= 15 is 0 Å². The van der Waals surface area contributed by atoms with Crippen molar-refractivity contribution in [3.63, 3.8) is 0 Å². The summed E-state index contributed by atoms with van der Waals surface area (Å²) in [4.78, 5) is 35.1. The van der Waals surface area contributed by atoms with Gasteiger partial charge >= 0.3 is 12.6 Å². The number of benzene rings is 1. The molecule has 33 heavy (non-hydrogen) atoms. The van der Waals surface area contributed by atoms with E-state index in [9.17, 15) is 18.4 Å². The van der Waals surface area contributed by atoms with E-state index in [2.05, 4.69) is 20.0 Å². The van der Waals surface area contributed by atoms with Crippen molar-refractivity contribution < 1.29 is 27.8 Å². The van der Waals surface area contributed by atoms with Gasteiger partial charge in [-0.3, -0.25) is 9.59 Å². The Morgan fingerprint density at radius 1 is 1.18 bits per heavy atom. The van der Waals surface area contributed by atoms with Crippen molar-refractivity contribution in [1.82, 2.24) is 15.3 Å². The van der Waals surface area contributed by atoms with Gasteiger partial charge in [0.1, 0.15) is 22.9 Å². The Bertz CT molecular complexity index is 1180. The standard InChI is InChI=1S/C22H22F2N4O4S/c23-22(24)32-13-6-4-5-12(9-13)20(30)26-10-17(29)31-11-16-27-19(25)18-14-7-2-1-3-8-15(14)33-21(18)28-16/h4-6,9,22H,1-3,7-8,10-11H2,(H,26,30)(H2,25,27,28). The van der Waals surface area contributed by atoms with Gasteiger partial charge in [0.05, 0.1) is 5.39 Å². The molecular formula is C22H22F2N4O4S. The van der Waals surface area contributed by atoms with Gasteiger partial charge in [-0.2, -0.15) is 8.78 Å². The number of nitrogens with two attached hydrogens (primary N) is 1. The molecule has 1 aromatic carbocycles. The first-order valence-corrected chi connectivity index (χ1v) is 11.3. The molecule has 0 radical (unpaired) electrons. The lowest BCUT2D eigenvalue weighted by atomic mass is 10.1. The van der Waals surface area contributed by atoms with Crippen LogP contribution < -0.4 is 15.8 Å². The van der Waals surface area contributed by atoms with Crippen LogP contribution in [0.2, 0.25) is 0 Å². The van der Waals surface area contributed by atoms with E-state index < -0.39 is 25.0 Å². The summed E-state index contributed by atoms with van der Waals surface area (Å²) in [7, 11) is 0. The predicted molar refractivity (Wildman–Crippen MR) is 118 cm³/mol. The number of nitrogens with zero attached hydrogens (tertiary/aromatic N) is 2. The summed E-state index contributed by atoms with van der Waals surface area (Å²) in [6.45, 7) is -3.60. The number of aromatic nitrogens is 2. The van der Waals surface area contributed by atoms with Gasteiger partial charge in [0.25, 0.3) is 5.91 Å². The molecule has 2 heterocycles. The highest BCUT2D eigenvalue weighted by atomic mass is 32.1. The zero-order valence-electron chi connectivity index (χ0n) is 17.6. The Kier molecular flexibility index (Phi) is 6.97. The van der Waals surface area contributed by atoms with Crippen molar-refractivity contribution >= 4 is 39.2 Å². The number of carbonyl (C=O) groups is 2. The quantitative estimate of drug-likeness (QED) is 0.395. The number of anilines is 1. The van der Waals surface area contributed by atoms with Crippen LogP contribution in [0.25, 0.3) is 10.2 Å². The maximum Gasteiger partial charge on any atom is 0.387 e. The minimum absolute atomic E-state index is 0.0694. The number of thiophene rings is 1. The van der Waals surface area contributed by atoms with Gasteiger partial charge in [0, 0.05) is 10.4 Å². The lowest BCUT2D eigenvalue weighted by Gasteiger charge is -2.08. The summed E-state index contributed by atoms with van der Waals surface area (Å²) in [5.74, 6) is -0.824. The Labute approximate surface area is 192 Å². The van der Waals surface area contributed by atoms with E-state index in [0.29, 0.717) is 5.82 Å². The molecule has 4 rings (SSSR count). The molecule has 0 aliphatic heterocycles. The van der Waals surface area contributed by atoms with E-state index in [1.54, 1.807) is 11.3 Å². The lowest BCUT2D eigenvalue weighted by molar-refractivity contribution is -0.143. The average Bonchev–Trinajstić information content (AvgIpc) is 2.97. The fourth-order valence-electron chi connectivity index (χ4n) is 3.74. The van der Waals surface area contributed by atoms with Crippen molar-refractivity contribution in [3.05, 3.63) is 46.1 Å². The van der Waals surface area contributed by atoms with Crippen LogP contribution in [0.15, 0.2) is 24.3 Å². The number of esters is 1. The topological polar surface area (TPSA) is 116 Å². The van der Waals surface area contributed by atoms with Crippen LogP contribution in [0.1, 0.15) is 45.9 Å². The highest BCUT2D eigenvalue weighted by Crippen LogP contribution is 2.37. The van der Waals surface area contributed by atoms with Crippen molar-refractivity contribution in [3.8, 4) is 5.75 Å². The third-order valence-electron chi connectivity index (χ3n) is 5.22. The van der Waals surface area contributed by atoms with E-state index in [0.717, 1.165) is 42.0 Å². The van der Waals surface area contributed by atoms with Crippen molar-refractivity contribution in [2.75, 3.05) is 12.3 Å². The van der Waals surface area contributed by atoms with Crippen molar-refractivity contribution in [2.24, 2.45) is 0 Å². The van der Waals surface area contributed by atoms with Crippen LogP contribution in [0.3, 0.4) is 0 Å². The summed E-state index contributed by atoms with van der Waals surface area (Å²) >= 11 is 1.61. The highest BCUT2D eigenvalue weighted by Gasteiger charge is 2.20. The monoisotopic (exact) mass is 476 g/mol. The number of fused-ring (bicyclic) bond motifs is 3. The Morgan fingerprint density at radius 2 is 2.00 bits per heavy atom. The minimum Gasteiger partial charge on any atom is -0.456 e. The molecule has 174 valence electrons. The summed E-state index contributed by atoms with van der Waals surface area (Å²) in [6, 6.07) is 5.26. The van der Waals surface area contributed by atoms with E-state index in [1.807, 2.05) is 0 Å². The number of hydrogen-bond acceptors (Lipinski definition) is 8. The molecular weight excluding hydrogens is 454 g/mol. The molecule has 0 saturated carbocycles. The van der Waals surface area contributed by atoms with Gasteiger partial charge in [-0.15, -0.1) is 11.3 Å². The van der Waals surface area contributed by atoms with Crippen molar-refractivity contribution in [2.45, 2.75) is 45.3 Å². The van der Waals surface area contributed by atoms with Gasteiger partial charge in [-0.25, -0.2) is 9.97 Å². The molecule has 0 spiro atoms. The summed E-state index contributed by atoms with van der Waals surface area (Å²) in [6.07, 6.45) is 5.44. The average molecular weight is 477 g/mol. The molecule has 1 aliphatic rings. The maximum atomic E-state index is 12.3. The number of halogens is 2. The van der Waals surface area contributed by atoms with Gasteiger partial charge in [-0.1, -0.05) is 12.5 Å². The van der Waals surface area contributed by atoms with Gasteiger partial charge < -0.3 is 20.5 Å². The number of nitrogens with one attached hydrogen (secondary N) is 1. The van der Waals surface area contributed by atoms with Crippen molar-refractivity contribution in [1.29, 1.82) is 0 Å². The third kappa shape index (κ3) is 5.54. The third-order valence-corrected chi connectivity index (χ3v) is 6.40. The van der Waals surface area contributed by atoms with Crippen LogP contribution in [0, 0.1) is 0 Å². The van der Waals surface area contributed by atoms with Crippen LogP contribution in [0.4, 0.5) is 14.6 Å². The number of ether oxygens (including phenoxy) is 2. The van der Waals surface area contributed by atoms with E-state index in [1.165, 1.54) is 35.1 Å². The SMILES string of the molecule is Nc1nc(COC(=O)CNC(=O)c2cccc(OC(F)F)c2)nc2sc3c(c12)CCCCC3. The fourth-order valence-corrected chi connectivity index (χ4v) is 5.02. The molecule has 1 aliphatic carbocycles. The number of rotatable bonds is 7. The van der Waals surface area contributed by atoms with Gasteiger partial charge in [0.15, 0.2) is 12.4 Å². The zero-order chi connectivity index (χ0) is 23.4. The first-order chi connectivity index (χ1) is 15.9. The lowest BCUT2D eigenvalue weighted by Crippen LogP contribution is -2.30. The number of amides is 1. The molecule has 0 fully saturated rings. The van der Waals surface area contributed by atoms with Crippen LogP contribution in [-0.4, -0.2) is 35.0 Å². The van der Waals surface area contributed by atoms with Gasteiger partial charge in [-0.05, 0) is 49.4 Å². The summed E-state index contributed by atoms with van der Waals surface area (Å²) in [5.41, 5.74) is 7.49. The minimum atomic E-state index is -3.00. The van der Waals surface area contributed by atoms with E-state index in [4.69, 9.17) is 10.5 Å².